The van der Waals surface area contributed by atoms with E-state index in [1.54, 1.807) is 19.5 Å². The Hall–Kier alpha value is -3.90. The number of nitrogens with zero attached hydrogens (tertiary/aromatic N) is 4. The number of benzene rings is 2. The lowest BCUT2D eigenvalue weighted by Crippen LogP contribution is -2.54. The van der Waals surface area contributed by atoms with Gasteiger partial charge in [0.25, 0.3) is 0 Å². The number of ether oxygens (including phenoxy) is 2. The summed E-state index contributed by atoms with van der Waals surface area (Å²) in [5.41, 5.74) is 3.92. The van der Waals surface area contributed by atoms with Gasteiger partial charge in [0, 0.05) is 47.3 Å². The fraction of sp³-hybridized carbons (Fsp3) is 0.400. The van der Waals surface area contributed by atoms with Crippen LogP contribution in [0.3, 0.4) is 0 Å². The second-order valence-corrected chi connectivity index (χ2v) is 13.1. The van der Waals surface area contributed by atoms with Gasteiger partial charge in [0.2, 0.25) is 17.7 Å². The molecule has 252 valence electrons. The van der Waals surface area contributed by atoms with Crippen molar-refractivity contribution in [1.82, 2.24) is 30.6 Å². The molecule has 2 aliphatic rings. The number of nitrogens with one attached hydrogen (secondary N) is 2. The average molecular weight is 696 g/mol. The standard InChI is InChI=1S/C35H37Cl2FN6O4/c1-47-33-26(11-3-6-20-12-13-30(45)42-20)40-16-27(43-33)24-9-4-7-22(31(24)36)23-8-5-10-25(32(23)37)28-17-41-29(34(44-28)48-2)18-39-21-14-35(46,15-21)19-38/h4-5,7-10,16-17,20-21,39,46H,3,6,11-15,18-19H2,1-2H3,(H,42,45)/t20-,21?,35?/m1/s1. The van der Waals surface area contributed by atoms with Crippen molar-refractivity contribution in [3.8, 4) is 45.4 Å². The van der Waals surface area contributed by atoms with Gasteiger partial charge in [-0.05, 0) is 38.5 Å². The molecule has 10 nitrogen and oxygen atoms in total. The van der Waals surface area contributed by atoms with Crippen molar-refractivity contribution in [3.63, 3.8) is 0 Å². The fourth-order valence-corrected chi connectivity index (χ4v) is 6.96. The van der Waals surface area contributed by atoms with Gasteiger partial charge < -0.3 is 25.2 Å². The van der Waals surface area contributed by atoms with Gasteiger partial charge >= 0.3 is 0 Å². The molecule has 48 heavy (non-hydrogen) atoms. The molecule has 1 atom stereocenters. The third kappa shape index (κ3) is 7.24. The van der Waals surface area contributed by atoms with Crippen LogP contribution >= 0.6 is 23.2 Å². The first-order chi connectivity index (χ1) is 23.2. The number of rotatable bonds is 13. The highest BCUT2D eigenvalue weighted by molar-refractivity contribution is 6.39. The van der Waals surface area contributed by atoms with Crippen LogP contribution in [-0.2, 0) is 17.8 Å². The summed E-state index contributed by atoms with van der Waals surface area (Å²) < 4.78 is 24.1. The molecule has 1 amide bonds. The summed E-state index contributed by atoms with van der Waals surface area (Å²) in [7, 11) is 3.09. The van der Waals surface area contributed by atoms with E-state index in [0.717, 1.165) is 25.0 Å². The highest BCUT2D eigenvalue weighted by Gasteiger charge is 2.42. The molecule has 4 aromatic rings. The first-order valence-electron chi connectivity index (χ1n) is 15.9. The van der Waals surface area contributed by atoms with Crippen molar-refractivity contribution in [2.45, 2.75) is 69.2 Å². The molecule has 1 saturated heterocycles. The Morgan fingerprint density at radius 1 is 0.938 bits per heavy atom. The van der Waals surface area contributed by atoms with Gasteiger partial charge in [0.05, 0.1) is 53.6 Å². The number of aryl methyl sites for hydroxylation is 1. The molecule has 0 radical (unpaired) electrons. The number of halogens is 3. The second kappa shape index (κ2) is 14.7. The number of aliphatic hydroxyl groups is 1. The molecule has 0 bridgehead atoms. The Balaban J connectivity index is 1.21. The minimum Gasteiger partial charge on any atom is -0.480 e. The Kier molecular flexibility index (Phi) is 10.4. The van der Waals surface area contributed by atoms with Crippen molar-refractivity contribution in [3.05, 3.63) is 70.2 Å². The predicted molar refractivity (Wildman–Crippen MR) is 182 cm³/mol. The summed E-state index contributed by atoms with van der Waals surface area (Å²) >= 11 is 14.1. The van der Waals surface area contributed by atoms with Crippen LogP contribution < -0.4 is 20.1 Å². The van der Waals surface area contributed by atoms with Crippen molar-refractivity contribution >= 4 is 29.1 Å². The molecule has 13 heteroatoms. The third-order valence-corrected chi connectivity index (χ3v) is 9.77. The van der Waals surface area contributed by atoms with Crippen LogP contribution in [-0.4, -0.2) is 69.5 Å². The monoisotopic (exact) mass is 694 g/mol. The van der Waals surface area contributed by atoms with E-state index in [0.29, 0.717) is 93.4 Å². The van der Waals surface area contributed by atoms with E-state index in [2.05, 4.69) is 25.6 Å². The number of aromatic nitrogens is 4. The minimum atomic E-state index is -1.23. The number of alkyl halides is 1. The summed E-state index contributed by atoms with van der Waals surface area (Å²) in [6.07, 6.45) is 7.88. The zero-order valence-electron chi connectivity index (χ0n) is 26.7. The SMILES string of the molecule is COc1nc(-c2cccc(-c3cccc(-c4cnc(CNC5CC(O)(CF)C5)c(OC)n4)c3Cl)c2Cl)cnc1CCC[C@@H]1CCC(=O)N1. The van der Waals surface area contributed by atoms with E-state index in [1.807, 2.05) is 36.4 Å². The number of methoxy groups -OCH3 is 2. The first-order valence-corrected chi connectivity index (χ1v) is 16.7. The van der Waals surface area contributed by atoms with Gasteiger partial charge in [0.15, 0.2) is 0 Å². The summed E-state index contributed by atoms with van der Waals surface area (Å²) in [6, 6.07) is 11.5. The van der Waals surface area contributed by atoms with E-state index in [9.17, 15) is 14.3 Å². The topological polar surface area (TPSA) is 131 Å². The lowest BCUT2D eigenvalue weighted by molar-refractivity contribution is -0.119. The van der Waals surface area contributed by atoms with Crippen molar-refractivity contribution in [2.24, 2.45) is 0 Å². The second-order valence-electron chi connectivity index (χ2n) is 12.3. The summed E-state index contributed by atoms with van der Waals surface area (Å²) in [6.45, 7) is -0.395. The largest absolute Gasteiger partial charge is 0.480 e. The van der Waals surface area contributed by atoms with Crippen molar-refractivity contribution in [1.29, 1.82) is 0 Å². The zero-order valence-corrected chi connectivity index (χ0v) is 28.2. The number of carbonyl (C=O) groups excluding carboxylic acids is 1. The Morgan fingerprint density at radius 2 is 1.50 bits per heavy atom. The summed E-state index contributed by atoms with van der Waals surface area (Å²) in [5.74, 6) is 0.885. The van der Waals surface area contributed by atoms with Gasteiger partial charge in [-0.15, -0.1) is 0 Å². The maximum absolute atomic E-state index is 12.9. The van der Waals surface area contributed by atoms with E-state index in [4.69, 9.17) is 37.7 Å². The lowest BCUT2D eigenvalue weighted by Gasteiger charge is -2.42. The average Bonchev–Trinajstić information content (AvgIpc) is 3.51. The van der Waals surface area contributed by atoms with E-state index in [1.165, 1.54) is 7.11 Å². The number of carbonyl (C=O) groups is 1. The Labute approximate surface area is 288 Å². The zero-order chi connectivity index (χ0) is 33.8. The highest BCUT2D eigenvalue weighted by atomic mass is 35.5. The number of hydrogen-bond acceptors (Lipinski definition) is 9. The first kappa shape index (κ1) is 34.0. The molecule has 1 aliphatic heterocycles. The Morgan fingerprint density at radius 3 is 2.04 bits per heavy atom. The van der Waals surface area contributed by atoms with E-state index < -0.39 is 12.3 Å². The van der Waals surface area contributed by atoms with Crippen LogP contribution in [0.1, 0.15) is 49.9 Å². The smallest absolute Gasteiger partial charge is 0.237 e. The number of hydrogen-bond donors (Lipinski definition) is 3. The van der Waals surface area contributed by atoms with Crippen LogP contribution in [0.2, 0.25) is 10.0 Å². The maximum atomic E-state index is 12.9. The van der Waals surface area contributed by atoms with Gasteiger partial charge in [0.1, 0.15) is 18.1 Å². The van der Waals surface area contributed by atoms with Gasteiger partial charge in [-0.1, -0.05) is 59.6 Å². The van der Waals surface area contributed by atoms with Gasteiger partial charge in [-0.25, -0.2) is 14.4 Å². The van der Waals surface area contributed by atoms with Crippen LogP contribution in [0.4, 0.5) is 4.39 Å². The molecule has 0 spiro atoms. The van der Waals surface area contributed by atoms with Crippen LogP contribution in [0, 0.1) is 0 Å². The molecule has 6 rings (SSSR count). The molecular formula is C35H37Cl2FN6O4. The quantitative estimate of drug-likeness (QED) is 0.151. The van der Waals surface area contributed by atoms with Crippen molar-refractivity contribution < 1.29 is 23.8 Å². The summed E-state index contributed by atoms with van der Waals surface area (Å²) in [5, 5.41) is 17.1. The highest BCUT2D eigenvalue weighted by Crippen LogP contribution is 2.42. The van der Waals surface area contributed by atoms with Crippen LogP contribution in [0.15, 0.2) is 48.8 Å². The van der Waals surface area contributed by atoms with Crippen LogP contribution in [0.5, 0.6) is 11.8 Å². The molecule has 2 aromatic carbocycles. The molecular weight excluding hydrogens is 658 g/mol. The molecule has 3 heterocycles. The van der Waals surface area contributed by atoms with E-state index in [-0.39, 0.29) is 18.0 Å². The molecule has 3 N–H and O–H groups in total. The van der Waals surface area contributed by atoms with Crippen LogP contribution in [0.25, 0.3) is 33.6 Å². The predicted octanol–water partition coefficient (Wildman–Crippen LogP) is 6.15. The fourth-order valence-electron chi connectivity index (χ4n) is 6.31. The summed E-state index contributed by atoms with van der Waals surface area (Å²) in [4.78, 5) is 30.2. The Bertz CT molecular complexity index is 1810. The number of amides is 1. The molecule has 1 aliphatic carbocycles. The molecule has 2 fully saturated rings. The lowest BCUT2D eigenvalue weighted by atomic mass is 9.76. The molecule has 1 saturated carbocycles. The maximum Gasteiger partial charge on any atom is 0.237 e. The van der Waals surface area contributed by atoms with E-state index >= 15 is 0 Å². The van der Waals surface area contributed by atoms with Gasteiger partial charge in [-0.3, -0.25) is 14.8 Å². The molecule has 2 aromatic heterocycles. The van der Waals surface area contributed by atoms with Gasteiger partial charge in [-0.2, -0.15) is 0 Å². The van der Waals surface area contributed by atoms with Crippen molar-refractivity contribution in [2.75, 3.05) is 20.9 Å². The molecule has 0 unspecified atom stereocenters. The minimum absolute atomic E-state index is 0.00774. The normalized spacial score (nSPS) is 20.3. The third-order valence-electron chi connectivity index (χ3n) is 8.96.